The molecule has 2 nitrogen and oxygen atoms in total. The maximum Gasteiger partial charge on any atom is 0.252 e. The van der Waals surface area contributed by atoms with E-state index in [4.69, 9.17) is 0 Å². The number of fused-ring (bicyclic) bond motifs is 4. The first-order valence-corrected chi connectivity index (χ1v) is 17.2. The molecule has 0 N–H and O–H groups in total. The van der Waals surface area contributed by atoms with E-state index >= 15 is 0 Å². The van der Waals surface area contributed by atoms with E-state index in [0.717, 1.165) is 0 Å². The van der Waals surface area contributed by atoms with Crippen LogP contribution in [0.25, 0.3) is 0 Å². The molecule has 2 aliphatic heterocycles. The fourth-order valence-corrected chi connectivity index (χ4v) is 7.52. The van der Waals surface area contributed by atoms with E-state index in [-0.39, 0.29) is 23.0 Å². The summed E-state index contributed by atoms with van der Waals surface area (Å²) in [6, 6.07) is 37.3. The summed E-state index contributed by atoms with van der Waals surface area (Å²) in [5, 5.41) is 0. The number of hydrogen-bond acceptors (Lipinski definition) is 2. The van der Waals surface area contributed by atoms with Crippen LogP contribution in [-0.4, -0.2) is 6.71 Å². The van der Waals surface area contributed by atoms with Crippen molar-refractivity contribution in [3.05, 3.63) is 125 Å². The highest BCUT2D eigenvalue weighted by atomic mass is 15.2. The number of hydrogen-bond donors (Lipinski definition) is 0. The Kier molecular flexibility index (Phi) is 7.10. The molecule has 0 unspecified atom stereocenters. The van der Waals surface area contributed by atoms with E-state index in [0.29, 0.717) is 0 Å². The molecule has 0 amide bonds. The van der Waals surface area contributed by atoms with Crippen molar-refractivity contribution in [3.8, 4) is 0 Å². The van der Waals surface area contributed by atoms with Gasteiger partial charge in [-0.25, -0.2) is 0 Å². The lowest BCUT2D eigenvalue weighted by molar-refractivity contribution is 0.590. The number of para-hydroxylation sites is 2. The van der Waals surface area contributed by atoms with Gasteiger partial charge in [0, 0.05) is 34.1 Å². The van der Waals surface area contributed by atoms with Crippen LogP contribution in [0.4, 0.5) is 34.1 Å². The molecule has 0 bridgehead atoms. The molecule has 0 spiro atoms. The summed E-state index contributed by atoms with van der Waals surface area (Å²) in [5.74, 6) is 0. The van der Waals surface area contributed by atoms with Gasteiger partial charge in [0.05, 0.1) is 0 Å². The molecule has 2 aliphatic rings. The van der Waals surface area contributed by atoms with E-state index in [1.54, 1.807) is 0 Å². The largest absolute Gasteiger partial charge is 0.311 e. The minimum absolute atomic E-state index is 0.0274. The molecule has 5 aromatic carbocycles. The number of aryl methyl sites for hydroxylation is 2. The summed E-state index contributed by atoms with van der Waals surface area (Å²) in [4.78, 5) is 5.13. The molecule has 0 aliphatic carbocycles. The first kappa shape index (κ1) is 31.4. The van der Waals surface area contributed by atoms with Crippen molar-refractivity contribution < 1.29 is 0 Å². The van der Waals surface area contributed by atoms with Gasteiger partial charge in [-0.3, -0.25) is 0 Å². The Balaban J connectivity index is 1.68. The molecule has 5 aromatic rings. The molecule has 238 valence electrons. The lowest BCUT2D eigenvalue weighted by Crippen LogP contribution is -2.62. The Hall–Kier alpha value is -4.24. The summed E-state index contributed by atoms with van der Waals surface area (Å²) in [7, 11) is 0. The summed E-state index contributed by atoms with van der Waals surface area (Å²) in [5.41, 5.74) is 18.4. The van der Waals surface area contributed by atoms with E-state index in [1.165, 1.54) is 78.3 Å². The fraction of sp³-hybridized carbons (Fsp3) is 0.318. The molecule has 0 fully saturated rings. The summed E-state index contributed by atoms with van der Waals surface area (Å²) < 4.78 is 0. The van der Waals surface area contributed by atoms with Crippen LogP contribution in [-0.2, 0) is 16.2 Å². The second-order valence-corrected chi connectivity index (χ2v) is 16.9. The average molecular weight is 617 g/mol. The van der Waals surface area contributed by atoms with Crippen LogP contribution in [0.2, 0.25) is 0 Å². The van der Waals surface area contributed by atoms with Crippen molar-refractivity contribution in [2.45, 2.75) is 92.4 Å². The Morgan fingerprint density at radius 2 is 0.787 bits per heavy atom. The number of nitrogens with zero attached hydrogens (tertiary/aromatic N) is 2. The normalized spacial score (nSPS) is 14.1. The Labute approximate surface area is 283 Å². The predicted octanol–water partition coefficient (Wildman–Crippen LogP) is 10.3. The first-order valence-electron chi connectivity index (χ1n) is 17.2. The van der Waals surface area contributed by atoms with Gasteiger partial charge in [-0.1, -0.05) is 123 Å². The van der Waals surface area contributed by atoms with Gasteiger partial charge in [-0.05, 0) is 111 Å². The number of benzene rings is 5. The monoisotopic (exact) mass is 616 g/mol. The molecule has 3 heteroatoms. The molecule has 47 heavy (non-hydrogen) atoms. The number of anilines is 6. The number of rotatable bonds is 2. The van der Waals surface area contributed by atoms with Crippen LogP contribution in [0.3, 0.4) is 0 Å². The van der Waals surface area contributed by atoms with Crippen molar-refractivity contribution in [1.29, 1.82) is 0 Å². The fourth-order valence-electron chi connectivity index (χ4n) is 7.52. The molecule has 7 rings (SSSR count). The van der Waals surface area contributed by atoms with Gasteiger partial charge >= 0.3 is 0 Å². The van der Waals surface area contributed by atoms with Crippen molar-refractivity contribution in [3.63, 3.8) is 0 Å². The second kappa shape index (κ2) is 10.6. The van der Waals surface area contributed by atoms with E-state index in [1.807, 2.05) is 0 Å². The maximum atomic E-state index is 2.57. The molecule has 0 aromatic heterocycles. The van der Waals surface area contributed by atoms with Gasteiger partial charge in [0.1, 0.15) is 0 Å². The van der Waals surface area contributed by atoms with Gasteiger partial charge in [0.15, 0.2) is 0 Å². The van der Waals surface area contributed by atoms with Crippen LogP contribution in [0.15, 0.2) is 97.1 Å². The van der Waals surface area contributed by atoms with Crippen LogP contribution in [0, 0.1) is 13.8 Å². The highest BCUT2D eigenvalue weighted by Gasteiger charge is 2.45. The second-order valence-electron chi connectivity index (χ2n) is 16.9. The highest BCUT2D eigenvalue weighted by molar-refractivity contribution is 7.00. The molecule has 0 saturated heterocycles. The lowest BCUT2D eigenvalue weighted by Gasteiger charge is -2.46. The van der Waals surface area contributed by atoms with Gasteiger partial charge in [-0.2, -0.15) is 0 Å². The van der Waals surface area contributed by atoms with Crippen LogP contribution in [0.5, 0.6) is 0 Å². The molecule has 0 saturated carbocycles. The Morgan fingerprint density at radius 3 is 1.15 bits per heavy atom. The minimum atomic E-state index is -0.0391. The topological polar surface area (TPSA) is 6.48 Å². The van der Waals surface area contributed by atoms with Crippen molar-refractivity contribution in [2.24, 2.45) is 0 Å². The van der Waals surface area contributed by atoms with Gasteiger partial charge < -0.3 is 9.80 Å². The van der Waals surface area contributed by atoms with E-state index < -0.39 is 0 Å². The Bertz CT molecular complexity index is 1900. The van der Waals surface area contributed by atoms with Crippen molar-refractivity contribution in [1.82, 2.24) is 0 Å². The SMILES string of the molecule is Cc1ccccc1N1c2ccc(C(C)(C)C)cc2B2c3cc(C(C)(C)C)ccc3N(c3ccccc3C)c3cc(C(C)(C)C)cc1c32. The van der Waals surface area contributed by atoms with Crippen LogP contribution in [0.1, 0.15) is 90.1 Å². The van der Waals surface area contributed by atoms with Gasteiger partial charge in [0.25, 0.3) is 6.71 Å². The molecular formula is C44H49BN2. The first-order chi connectivity index (χ1) is 22.1. The smallest absolute Gasteiger partial charge is 0.252 e. The molecule has 0 atom stereocenters. The molecule has 2 heterocycles. The van der Waals surface area contributed by atoms with E-state index in [2.05, 4.69) is 183 Å². The van der Waals surface area contributed by atoms with E-state index in [9.17, 15) is 0 Å². The summed E-state index contributed by atoms with van der Waals surface area (Å²) >= 11 is 0. The summed E-state index contributed by atoms with van der Waals surface area (Å²) in [6.45, 7) is 25.6. The highest BCUT2D eigenvalue weighted by Crippen LogP contribution is 2.47. The van der Waals surface area contributed by atoms with Gasteiger partial charge in [-0.15, -0.1) is 0 Å². The quantitative estimate of drug-likeness (QED) is 0.178. The van der Waals surface area contributed by atoms with Crippen molar-refractivity contribution in [2.75, 3.05) is 9.80 Å². The third kappa shape index (κ3) is 5.10. The minimum Gasteiger partial charge on any atom is -0.311 e. The van der Waals surface area contributed by atoms with Crippen molar-refractivity contribution >= 4 is 57.2 Å². The van der Waals surface area contributed by atoms with Crippen LogP contribution >= 0.6 is 0 Å². The lowest BCUT2D eigenvalue weighted by atomic mass is 9.33. The predicted molar refractivity (Wildman–Crippen MR) is 206 cm³/mol. The third-order valence-corrected chi connectivity index (χ3v) is 10.4. The van der Waals surface area contributed by atoms with Crippen LogP contribution < -0.4 is 26.2 Å². The average Bonchev–Trinajstić information content (AvgIpc) is 3.00. The maximum absolute atomic E-state index is 2.57. The molecule has 0 radical (unpaired) electrons. The standard InChI is InChI=1S/C44H49BN2/c1-28-16-12-14-18-35(28)46-37-22-20-30(42(3,4)5)24-33(37)45-34-25-31(43(6,7)8)21-23-38(34)47(36-19-15-13-17-29(36)2)40-27-32(44(9,10)11)26-39(46)41(40)45/h12-27H,1-11H3. The Morgan fingerprint density at radius 1 is 0.404 bits per heavy atom. The molecular weight excluding hydrogens is 567 g/mol. The zero-order chi connectivity index (χ0) is 33.6. The zero-order valence-corrected chi connectivity index (χ0v) is 30.2. The zero-order valence-electron chi connectivity index (χ0n) is 30.2. The summed E-state index contributed by atoms with van der Waals surface area (Å²) in [6.07, 6.45) is 0. The van der Waals surface area contributed by atoms with Gasteiger partial charge in [0.2, 0.25) is 0 Å². The third-order valence-electron chi connectivity index (χ3n) is 10.4.